The molecule has 1 aliphatic rings. The number of ether oxygens (including phenoxy) is 1. The summed E-state index contributed by atoms with van der Waals surface area (Å²) >= 11 is 0. The first kappa shape index (κ1) is 14.3. The van der Waals surface area contributed by atoms with Crippen molar-refractivity contribution in [1.82, 2.24) is 0 Å². The molecule has 0 heterocycles. The highest BCUT2D eigenvalue weighted by atomic mass is 19.1. The van der Waals surface area contributed by atoms with Gasteiger partial charge in [-0.25, -0.2) is 4.39 Å². The van der Waals surface area contributed by atoms with Crippen molar-refractivity contribution >= 4 is 0 Å². The Morgan fingerprint density at radius 1 is 1.42 bits per heavy atom. The van der Waals surface area contributed by atoms with Crippen molar-refractivity contribution in [3.8, 4) is 5.75 Å². The lowest BCUT2D eigenvalue weighted by molar-refractivity contribution is 0.124. The normalized spacial score (nSPS) is 25.1. The van der Waals surface area contributed by atoms with Crippen LogP contribution in [0.1, 0.15) is 45.1 Å². The molecule has 0 amide bonds. The number of benzene rings is 1. The van der Waals surface area contributed by atoms with Crippen LogP contribution in [0.25, 0.3) is 0 Å². The van der Waals surface area contributed by atoms with Crippen LogP contribution in [0.3, 0.4) is 0 Å². The van der Waals surface area contributed by atoms with Gasteiger partial charge in [0.05, 0.1) is 6.10 Å². The van der Waals surface area contributed by atoms with Crippen molar-refractivity contribution < 1.29 is 9.13 Å². The molecule has 19 heavy (non-hydrogen) atoms. The molecule has 0 saturated heterocycles. The van der Waals surface area contributed by atoms with Crippen LogP contribution in [0, 0.1) is 11.7 Å². The van der Waals surface area contributed by atoms with Crippen LogP contribution in [0.15, 0.2) is 18.2 Å². The molecule has 1 aromatic rings. The quantitative estimate of drug-likeness (QED) is 0.901. The lowest BCUT2D eigenvalue weighted by atomic mass is 9.89. The highest BCUT2D eigenvalue weighted by Gasteiger charge is 2.21. The van der Waals surface area contributed by atoms with Crippen molar-refractivity contribution in [3.63, 3.8) is 0 Å². The lowest BCUT2D eigenvalue weighted by Gasteiger charge is -2.27. The summed E-state index contributed by atoms with van der Waals surface area (Å²) in [5.41, 5.74) is 6.65. The zero-order valence-corrected chi connectivity index (χ0v) is 11.9. The molecule has 1 saturated carbocycles. The average molecular weight is 265 g/mol. The Balaban J connectivity index is 2.00. The summed E-state index contributed by atoms with van der Waals surface area (Å²) in [6.45, 7) is 4.16. The second kappa shape index (κ2) is 6.38. The monoisotopic (exact) mass is 265 g/mol. The first-order valence-corrected chi connectivity index (χ1v) is 7.25. The maximum absolute atomic E-state index is 14.0. The van der Waals surface area contributed by atoms with Gasteiger partial charge in [0.15, 0.2) is 11.6 Å². The fourth-order valence-electron chi connectivity index (χ4n) is 2.80. The Morgan fingerprint density at radius 2 is 2.21 bits per heavy atom. The second-order valence-electron chi connectivity index (χ2n) is 5.96. The van der Waals surface area contributed by atoms with Crippen LogP contribution in [0.2, 0.25) is 0 Å². The van der Waals surface area contributed by atoms with Gasteiger partial charge in [0.2, 0.25) is 0 Å². The molecule has 2 nitrogen and oxygen atoms in total. The van der Waals surface area contributed by atoms with Gasteiger partial charge in [0.25, 0.3) is 0 Å². The number of hydrogen-bond acceptors (Lipinski definition) is 2. The molecule has 1 aromatic carbocycles. The molecule has 0 aromatic heterocycles. The van der Waals surface area contributed by atoms with Gasteiger partial charge in [-0.15, -0.1) is 0 Å². The third kappa shape index (κ3) is 4.20. The largest absolute Gasteiger partial charge is 0.487 e. The van der Waals surface area contributed by atoms with Crippen LogP contribution in [-0.4, -0.2) is 12.1 Å². The second-order valence-corrected chi connectivity index (χ2v) is 5.96. The topological polar surface area (TPSA) is 35.2 Å². The summed E-state index contributed by atoms with van der Waals surface area (Å²) in [6.07, 6.45) is 5.35. The first-order valence-electron chi connectivity index (χ1n) is 7.25. The summed E-state index contributed by atoms with van der Waals surface area (Å²) in [5.74, 6) is 0.795. The van der Waals surface area contributed by atoms with Crippen molar-refractivity contribution in [2.24, 2.45) is 11.7 Å². The molecule has 0 spiro atoms. The maximum atomic E-state index is 14.0. The zero-order valence-electron chi connectivity index (χ0n) is 11.9. The van der Waals surface area contributed by atoms with Crippen LogP contribution in [0.4, 0.5) is 4.39 Å². The van der Waals surface area contributed by atoms with Gasteiger partial charge >= 0.3 is 0 Å². The van der Waals surface area contributed by atoms with Crippen molar-refractivity contribution in [1.29, 1.82) is 0 Å². The molecule has 3 atom stereocenters. The van der Waals surface area contributed by atoms with Crippen LogP contribution < -0.4 is 10.5 Å². The Kier molecular flexibility index (Phi) is 4.81. The molecular formula is C16H24FNO. The molecule has 0 aliphatic heterocycles. The smallest absolute Gasteiger partial charge is 0.165 e. The first-order chi connectivity index (χ1) is 9.04. The average Bonchev–Trinajstić information content (AvgIpc) is 2.32. The van der Waals surface area contributed by atoms with Gasteiger partial charge < -0.3 is 10.5 Å². The van der Waals surface area contributed by atoms with Gasteiger partial charge in [-0.05, 0) is 56.2 Å². The molecule has 3 heteroatoms. The lowest BCUT2D eigenvalue weighted by Crippen LogP contribution is -2.24. The van der Waals surface area contributed by atoms with Gasteiger partial charge in [0, 0.05) is 6.04 Å². The van der Waals surface area contributed by atoms with E-state index in [1.807, 2.05) is 13.0 Å². The van der Waals surface area contributed by atoms with Crippen molar-refractivity contribution in [2.45, 2.75) is 58.1 Å². The summed E-state index contributed by atoms with van der Waals surface area (Å²) in [6, 6.07) is 5.25. The van der Waals surface area contributed by atoms with E-state index in [0.717, 1.165) is 18.4 Å². The van der Waals surface area contributed by atoms with E-state index in [4.69, 9.17) is 10.5 Å². The highest BCUT2D eigenvalue weighted by molar-refractivity contribution is 5.30. The van der Waals surface area contributed by atoms with E-state index in [0.29, 0.717) is 18.1 Å². The molecule has 0 bridgehead atoms. The summed E-state index contributed by atoms with van der Waals surface area (Å²) in [4.78, 5) is 0. The molecule has 1 aliphatic carbocycles. The van der Waals surface area contributed by atoms with Gasteiger partial charge in [-0.2, -0.15) is 0 Å². The minimum Gasteiger partial charge on any atom is -0.487 e. The van der Waals surface area contributed by atoms with E-state index in [-0.39, 0.29) is 18.0 Å². The van der Waals surface area contributed by atoms with Crippen LogP contribution >= 0.6 is 0 Å². The summed E-state index contributed by atoms with van der Waals surface area (Å²) in [5, 5.41) is 0. The van der Waals surface area contributed by atoms with Gasteiger partial charge in [-0.3, -0.25) is 0 Å². The SMILES string of the molecule is CC(N)Cc1ccc(OC2CCCC(C)C2)c(F)c1. The zero-order chi connectivity index (χ0) is 13.8. The molecule has 1 fully saturated rings. The molecule has 2 rings (SSSR count). The third-order valence-electron chi connectivity index (χ3n) is 3.74. The van der Waals surface area contributed by atoms with E-state index >= 15 is 0 Å². The number of hydrogen-bond donors (Lipinski definition) is 1. The Morgan fingerprint density at radius 3 is 2.84 bits per heavy atom. The number of rotatable bonds is 4. The number of nitrogens with two attached hydrogens (primary N) is 1. The fourth-order valence-corrected chi connectivity index (χ4v) is 2.80. The van der Waals surface area contributed by atoms with E-state index in [1.54, 1.807) is 12.1 Å². The van der Waals surface area contributed by atoms with Crippen molar-refractivity contribution in [3.05, 3.63) is 29.6 Å². The van der Waals surface area contributed by atoms with Crippen LogP contribution in [0.5, 0.6) is 5.75 Å². The molecule has 0 radical (unpaired) electrons. The minimum absolute atomic E-state index is 0.0466. The van der Waals surface area contributed by atoms with Gasteiger partial charge in [-0.1, -0.05) is 19.4 Å². The molecule has 106 valence electrons. The Hall–Kier alpha value is -1.09. The van der Waals surface area contributed by atoms with E-state index in [2.05, 4.69) is 6.92 Å². The van der Waals surface area contributed by atoms with E-state index in [9.17, 15) is 4.39 Å². The fraction of sp³-hybridized carbons (Fsp3) is 0.625. The molecule has 2 N–H and O–H groups in total. The van der Waals surface area contributed by atoms with Crippen LogP contribution in [-0.2, 0) is 6.42 Å². The Labute approximate surface area is 115 Å². The summed E-state index contributed by atoms with van der Waals surface area (Å²) in [7, 11) is 0. The van der Waals surface area contributed by atoms with E-state index in [1.165, 1.54) is 12.8 Å². The molecular weight excluding hydrogens is 241 g/mol. The minimum atomic E-state index is -0.267. The third-order valence-corrected chi connectivity index (χ3v) is 3.74. The highest BCUT2D eigenvalue weighted by Crippen LogP contribution is 2.29. The predicted octanol–water partition coefficient (Wildman–Crippen LogP) is 3.67. The summed E-state index contributed by atoms with van der Waals surface area (Å²) < 4.78 is 19.8. The predicted molar refractivity (Wildman–Crippen MR) is 75.8 cm³/mol. The number of halogens is 1. The standard InChI is InChI=1S/C16H24FNO/c1-11-4-3-5-14(8-11)19-16-7-6-13(9-12(2)18)10-15(16)17/h6-7,10-12,14H,3-5,8-9,18H2,1-2H3. The van der Waals surface area contributed by atoms with E-state index < -0.39 is 0 Å². The molecule has 3 unspecified atom stereocenters. The Bertz CT molecular complexity index is 419. The maximum Gasteiger partial charge on any atom is 0.165 e. The van der Waals surface area contributed by atoms with Crippen molar-refractivity contribution in [2.75, 3.05) is 0 Å². The van der Waals surface area contributed by atoms with Gasteiger partial charge in [0.1, 0.15) is 0 Å².